The van der Waals surface area contributed by atoms with Crippen LogP contribution in [0.1, 0.15) is 55.7 Å². The number of benzene rings is 2. The molecule has 0 aliphatic rings. The molecule has 3 aromatic rings. The van der Waals surface area contributed by atoms with Gasteiger partial charge in [-0.2, -0.15) is 0 Å². The first-order valence-electron chi connectivity index (χ1n) is 10.8. The van der Waals surface area contributed by atoms with Crippen molar-refractivity contribution in [1.82, 2.24) is 9.88 Å². The van der Waals surface area contributed by atoms with Crippen LogP contribution in [0.25, 0.3) is 10.8 Å². The average Bonchev–Trinajstić information content (AvgIpc) is 2.77. The lowest BCUT2D eigenvalue weighted by molar-refractivity contribution is 0.0729. The number of carbonyl (C=O) groups excluding carboxylic acids is 1. The molecule has 0 N–H and O–H groups in total. The van der Waals surface area contributed by atoms with Gasteiger partial charge in [0.2, 0.25) is 0 Å². The Morgan fingerprint density at radius 2 is 1.71 bits per heavy atom. The maximum atomic E-state index is 13.2. The molecule has 2 aromatic carbocycles. The van der Waals surface area contributed by atoms with E-state index in [1.165, 1.54) is 0 Å². The van der Waals surface area contributed by atoms with Crippen LogP contribution < -0.4 is 0 Å². The summed E-state index contributed by atoms with van der Waals surface area (Å²) in [6, 6.07) is 17.8. The number of unbranched alkanes of at least 4 members (excludes halogenated alkanes) is 2. The molecule has 1 atom stereocenters. The Morgan fingerprint density at radius 3 is 2.48 bits per heavy atom. The van der Waals surface area contributed by atoms with Gasteiger partial charge in [-0.05, 0) is 36.9 Å². The lowest BCUT2D eigenvalue weighted by Gasteiger charge is -2.24. The lowest BCUT2D eigenvalue weighted by atomic mass is 10.1. The molecule has 0 fully saturated rings. The molecule has 0 aliphatic carbocycles. The Kier molecular flexibility index (Phi) is 7.44. The summed E-state index contributed by atoms with van der Waals surface area (Å²) in [5.41, 5.74) is 0.640. The van der Waals surface area contributed by atoms with Crippen LogP contribution in [0, 0.1) is 0 Å². The Bertz CT molecular complexity index is 1150. The predicted octanol–water partition coefficient (Wildman–Crippen LogP) is 5.25. The second kappa shape index (κ2) is 10.1. The normalized spacial score (nSPS) is 12.6. The molecular weight excluding hydrogens is 408 g/mol. The topological polar surface area (TPSA) is 67.3 Å². The van der Waals surface area contributed by atoms with Crippen LogP contribution in [-0.2, 0) is 15.6 Å². The van der Waals surface area contributed by atoms with E-state index in [0.29, 0.717) is 11.1 Å². The fourth-order valence-electron chi connectivity index (χ4n) is 3.68. The maximum Gasteiger partial charge on any atom is 0.272 e. The van der Waals surface area contributed by atoms with E-state index < -0.39 is 9.84 Å². The van der Waals surface area contributed by atoms with Crippen LogP contribution in [0.4, 0.5) is 0 Å². The minimum atomic E-state index is -3.62. The zero-order valence-corrected chi connectivity index (χ0v) is 19.2. The minimum absolute atomic E-state index is 0.101. The monoisotopic (exact) mass is 438 g/mol. The summed E-state index contributed by atoms with van der Waals surface area (Å²) in [5, 5.41) is 1.57. The van der Waals surface area contributed by atoms with E-state index in [-0.39, 0.29) is 28.3 Å². The van der Waals surface area contributed by atoms with Gasteiger partial charge in [0.15, 0.2) is 9.84 Å². The maximum absolute atomic E-state index is 13.2. The molecule has 0 saturated heterocycles. The van der Waals surface area contributed by atoms with Gasteiger partial charge in [-0.25, -0.2) is 13.4 Å². The van der Waals surface area contributed by atoms with Gasteiger partial charge >= 0.3 is 0 Å². The summed E-state index contributed by atoms with van der Waals surface area (Å²) in [4.78, 5) is 19.3. The van der Waals surface area contributed by atoms with E-state index >= 15 is 0 Å². The number of hydrogen-bond acceptors (Lipinski definition) is 4. The van der Waals surface area contributed by atoms with E-state index in [4.69, 9.17) is 0 Å². The summed E-state index contributed by atoms with van der Waals surface area (Å²) in [6.45, 7) is 4.18. The Balaban J connectivity index is 1.80. The van der Waals surface area contributed by atoms with Crippen LogP contribution in [0.15, 0.2) is 65.6 Å². The van der Waals surface area contributed by atoms with Gasteiger partial charge in [-0.1, -0.05) is 68.7 Å². The quantitative estimate of drug-likeness (QED) is 0.428. The molecule has 0 radical (unpaired) electrons. The minimum Gasteiger partial charge on any atom is -0.338 e. The first kappa shape index (κ1) is 22.9. The van der Waals surface area contributed by atoms with Crippen LogP contribution in [0.2, 0.25) is 0 Å². The van der Waals surface area contributed by atoms with Crippen LogP contribution >= 0.6 is 0 Å². The first-order valence-corrected chi connectivity index (χ1v) is 12.4. The van der Waals surface area contributed by atoms with Gasteiger partial charge in [-0.3, -0.25) is 4.79 Å². The van der Waals surface area contributed by atoms with Crippen molar-refractivity contribution < 1.29 is 13.2 Å². The largest absolute Gasteiger partial charge is 0.338 e. The molecule has 6 heteroatoms. The molecule has 31 heavy (non-hydrogen) atoms. The van der Waals surface area contributed by atoms with Gasteiger partial charge in [0.1, 0.15) is 5.69 Å². The van der Waals surface area contributed by atoms with Crippen molar-refractivity contribution in [1.29, 1.82) is 0 Å². The number of carbonyl (C=O) groups is 1. The molecule has 164 valence electrons. The number of rotatable bonds is 9. The highest BCUT2D eigenvalue weighted by molar-refractivity contribution is 7.90. The van der Waals surface area contributed by atoms with Crippen molar-refractivity contribution in [2.45, 2.75) is 56.2 Å². The molecule has 3 rings (SSSR count). The van der Waals surface area contributed by atoms with Crippen LogP contribution in [0.5, 0.6) is 0 Å². The molecule has 1 aromatic heterocycles. The number of fused-ring (bicyclic) bond motifs is 1. The smallest absolute Gasteiger partial charge is 0.272 e. The molecule has 5 nitrogen and oxygen atoms in total. The van der Waals surface area contributed by atoms with Gasteiger partial charge in [-0.15, -0.1) is 0 Å². The fraction of sp³-hybridized carbons (Fsp3) is 0.360. The van der Waals surface area contributed by atoms with Crippen molar-refractivity contribution in [2.24, 2.45) is 0 Å². The standard InChI is InChI=1S/C25H30N2O3S/c1-4-5-6-11-19(2)27(3)25(28)23-16-10-14-21(26-23)18-31(29,30)24-17-9-13-20-12-7-8-15-22(20)24/h7-10,12-17,19H,4-6,11,18H2,1-3H3/t19-/m0/s1. The molecule has 0 unspecified atom stereocenters. The van der Waals surface area contributed by atoms with E-state index in [0.717, 1.165) is 31.1 Å². The summed E-state index contributed by atoms with van der Waals surface area (Å²) in [5.74, 6) is -0.439. The van der Waals surface area contributed by atoms with Crippen molar-refractivity contribution in [3.63, 3.8) is 0 Å². The van der Waals surface area contributed by atoms with Crippen molar-refractivity contribution in [3.05, 3.63) is 72.1 Å². The van der Waals surface area contributed by atoms with E-state index in [1.807, 2.05) is 37.3 Å². The Morgan fingerprint density at radius 1 is 1.00 bits per heavy atom. The third kappa shape index (κ3) is 5.50. The number of nitrogens with zero attached hydrogens (tertiary/aromatic N) is 2. The Hall–Kier alpha value is -2.73. The fourth-order valence-corrected chi connectivity index (χ4v) is 5.20. The summed E-state index contributed by atoms with van der Waals surface area (Å²) in [6.07, 6.45) is 4.29. The molecule has 1 heterocycles. The Labute approximate surface area is 185 Å². The second-order valence-corrected chi connectivity index (χ2v) is 9.97. The number of pyridine rings is 1. The van der Waals surface area contributed by atoms with Crippen LogP contribution in [-0.4, -0.2) is 37.3 Å². The highest BCUT2D eigenvalue weighted by Crippen LogP contribution is 2.25. The predicted molar refractivity (Wildman–Crippen MR) is 125 cm³/mol. The van der Waals surface area contributed by atoms with Crippen molar-refractivity contribution in [2.75, 3.05) is 7.05 Å². The zero-order valence-electron chi connectivity index (χ0n) is 18.4. The van der Waals surface area contributed by atoms with E-state index in [2.05, 4.69) is 11.9 Å². The summed E-state index contributed by atoms with van der Waals surface area (Å²) >= 11 is 0. The molecule has 0 bridgehead atoms. The highest BCUT2D eigenvalue weighted by atomic mass is 32.2. The number of sulfone groups is 1. The van der Waals surface area contributed by atoms with Gasteiger partial charge in [0, 0.05) is 18.5 Å². The van der Waals surface area contributed by atoms with Gasteiger partial charge in [0.25, 0.3) is 5.91 Å². The van der Waals surface area contributed by atoms with E-state index in [1.54, 1.807) is 42.3 Å². The SMILES string of the molecule is CCCCC[C@H](C)N(C)C(=O)c1cccc(CS(=O)(=O)c2cccc3ccccc23)n1. The van der Waals surface area contributed by atoms with Crippen molar-refractivity contribution in [3.8, 4) is 0 Å². The number of aromatic nitrogens is 1. The second-order valence-electron chi connectivity index (χ2n) is 8.01. The zero-order chi connectivity index (χ0) is 22.4. The molecule has 0 aliphatic heterocycles. The lowest BCUT2D eigenvalue weighted by Crippen LogP contribution is -2.35. The molecular formula is C25H30N2O3S. The molecule has 0 saturated carbocycles. The third-order valence-electron chi connectivity index (χ3n) is 5.66. The summed E-state index contributed by atoms with van der Waals surface area (Å²) < 4.78 is 26.3. The first-order chi connectivity index (χ1) is 14.8. The van der Waals surface area contributed by atoms with Gasteiger partial charge < -0.3 is 4.90 Å². The number of amides is 1. The highest BCUT2D eigenvalue weighted by Gasteiger charge is 2.22. The number of hydrogen-bond donors (Lipinski definition) is 0. The average molecular weight is 439 g/mol. The molecule has 0 spiro atoms. The third-order valence-corrected chi connectivity index (χ3v) is 7.36. The molecule has 1 amide bonds. The van der Waals surface area contributed by atoms with E-state index in [9.17, 15) is 13.2 Å². The van der Waals surface area contributed by atoms with Crippen LogP contribution in [0.3, 0.4) is 0 Å². The van der Waals surface area contributed by atoms with Crippen molar-refractivity contribution >= 4 is 26.5 Å². The van der Waals surface area contributed by atoms with Gasteiger partial charge in [0.05, 0.1) is 16.3 Å². The summed E-state index contributed by atoms with van der Waals surface area (Å²) in [7, 11) is -1.84.